The lowest BCUT2D eigenvalue weighted by Gasteiger charge is -1.99. The Labute approximate surface area is 94.5 Å². The van der Waals surface area contributed by atoms with E-state index in [1.54, 1.807) is 6.20 Å². The molecule has 0 atom stereocenters. The molecule has 3 rings (SSSR count). The van der Waals surface area contributed by atoms with Gasteiger partial charge in [0.2, 0.25) is 0 Å². The van der Waals surface area contributed by atoms with E-state index in [0.29, 0.717) is 5.65 Å². The molecule has 0 amide bonds. The molecule has 0 saturated heterocycles. The highest BCUT2D eigenvalue weighted by Gasteiger charge is 2.05. The molecule has 0 saturated carbocycles. The average molecular weight is 233 g/mol. The molecule has 0 bridgehead atoms. The van der Waals surface area contributed by atoms with E-state index in [2.05, 4.69) is 25.6 Å². The number of nitrogens with zero attached hydrogens (tertiary/aromatic N) is 7. The standard InChI is InChI=1S/C8H7N7S/c1-14-5-4-9-8(14)16-7-3-2-6-10-12-13-15(6)11-7/h2-5H,1H3. The fourth-order valence-electron chi connectivity index (χ4n) is 1.23. The molecule has 3 aromatic heterocycles. The number of aromatic nitrogens is 7. The Morgan fingerprint density at radius 1 is 1.31 bits per heavy atom. The lowest BCUT2D eigenvalue weighted by Crippen LogP contribution is -1.96. The molecule has 16 heavy (non-hydrogen) atoms. The van der Waals surface area contributed by atoms with Crippen molar-refractivity contribution in [3.05, 3.63) is 24.5 Å². The molecule has 0 aliphatic carbocycles. The summed E-state index contributed by atoms with van der Waals surface area (Å²) in [6, 6.07) is 3.68. The van der Waals surface area contributed by atoms with E-state index in [9.17, 15) is 0 Å². The van der Waals surface area contributed by atoms with Crippen molar-refractivity contribution < 1.29 is 0 Å². The fourth-order valence-corrected chi connectivity index (χ4v) is 1.99. The molecule has 0 unspecified atom stereocenters. The van der Waals surface area contributed by atoms with Gasteiger partial charge in [-0.05, 0) is 34.3 Å². The first-order valence-electron chi connectivity index (χ1n) is 4.53. The first kappa shape index (κ1) is 9.28. The summed E-state index contributed by atoms with van der Waals surface area (Å²) in [6.45, 7) is 0. The molecule has 3 heterocycles. The van der Waals surface area contributed by atoms with Gasteiger partial charge in [-0.1, -0.05) is 0 Å². The van der Waals surface area contributed by atoms with Crippen LogP contribution in [0.3, 0.4) is 0 Å². The molecule has 0 spiro atoms. The molecule has 80 valence electrons. The average Bonchev–Trinajstić information content (AvgIpc) is 2.88. The van der Waals surface area contributed by atoms with Gasteiger partial charge in [-0.2, -0.15) is 0 Å². The monoisotopic (exact) mass is 233 g/mol. The van der Waals surface area contributed by atoms with Gasteiger partial charge >= 0.3 is 0 Å². The zero-order chi connectivity index (χ0) is 11.0. The number of hydrogen-bond acceptors (Lipinski definition) is 6. The van der Waals surface area contributed by atoms with Crippen LogP contribution in [0.2, 0.25) is 0 Å². The largest absolute Gasteiger partial charge is 0.329 e. The molecule has 0 aliphatic rings. The minimum absolute atomic E-state index is 0.629. The summed E-state index contributed by atoms with van der Waals surface area (Å²) in [5, 5.41) is 17.0. The van der Waals surface area contributed by atoms with Crippen molar-refractivity contribution in [1.29, 1.82) is 0 Å². The summed E-state index contributed by atoms with van der Waals surface area (Å²) < 4.78 is 3.32. The topological polar surface area (TPSA) is 73.8 Å². The molecule has 8 heteroatoms. The minimum Gasteiger partial charge on any atom is -0.329 e. The van der Waals surface area contributed by atoms with Gasteiger partial charge in [0.1, 0.15) is 5.03 Å². The maximum atomic E-state index is 4.24. The molecule has 7 nitrogen and oxygen atoms in total. The van der Waals surface area contributed by atoms with Crippen LogP contribution >= 0.6 is 11.8 Å². The van der Waals surface area contributed by atoms with Gasteiger partial charge in [-0.15, -0.1) is 14.8 Å². The molecular formula is C8H7N7S. The van der Waals surface area contributed by atoms with Crippen molar-refractivity contribution in [2.75, 3.05) is 0 Å². The van der Waals surface area contributed by atoms with Gasteiger partial charge in [-0.3, -0.25) is 0 Å². The normalized spacial score (nSPS) is 11.1. The van der Waals surface area contributed by atoms with Gasteiger partial charge in [0, 0.05) is 19.4 Å². The third-order valence-corrected chi connectivity index (χ3v) is 3.02. The number of tetrazole rings is 1. The second kappa shape index (κ2) is 3.56. The summed E-state index contributed by atoms with van der Waals surface area (Å²) in [7, 11) is 1.94. The zero-order valence-corrected chi connectivity index (χ0v) is 9.16. The third kappa shape index (κ3) is 1.52. The quantitative estimate of drug-likeness (QED) is 0.638. The van der Waals surface area contributed by atoms with Gasteiger partial charge < -0.3 is 4.57 Å². The number of rotatable bonds is 2. The lowest BCUT2D eigenvalue weighted by molar-refractivity contribution is 0.700. The molecule has 0 aromatic carbocycles. The van der Waals surface area contributed by atoms with Gasteiger partial charge in [0.05, 0.1) is 0 Å². The number of fused-ring (bicyclic) bond motifs is 1. The van der Waals surface area contributed by atoms with Crippen molar-refractivity contribution in [1.82, 2.24) is 34.8 Å². The highest BCUT2D eigenvalue weighted by molar-refractivity contribution is 7.99. The molecular weight excluding hydrogens is 226 g/mol. The van der Waals surface area contributed by atoms with Crippen molar-refractivity contribution >= 4 is 17.4 Å². The Morgan fingerprint density at radius 3 is 3.06 bits per heavy atom. The van der Waals surface area contributed by atoms with E-state index < -0.39 is 0 Å². The van der Waals surface area contributed by atoms with Gasteiger partial charge in [0.25, 0.3) is 0 Å². The SMILES string of the molecule is Cn1ccnc1Sc1ccc2nnnn2n1. The third-order valence-electron chi connectivity index (χ3n) is 2.02. The molecule has 0 N–H and O–H groups in total. The predicted molar refractivity (Wildman–Crippen MR) is 55.9 cm³/mol. The van der Waals surface area contributed by atoms with E-state index >= 15 is 0 Å². The molecule has 3 aromatic rings. The van der Waals surface area contributed by atoms with Crippen LogP contribution in [-0.2, 0) is 7.05 Å². The maximum absolute atomic E-state index is 4.24. The van der Waals surface area contributed by atoms with Crippen LogP contribution in [-0.4, -0.2) is 34.8 Å². The highest BCUT2D eigenvalue weighted by Crippen LogP contribution is 2.23. The van der Waals surface area contributed by atoms with Crippen molar-refractivity contribution in [2.24, 2.45) is 7.05 Å². The lowest BCUT2D eigenvalue weighted by atomic mass is 10.6. The number of imidazole rings is 1. The van der Waals surface area contributed by atoms with Gasteiger partial charge in [-0.25, -0.2) is 4.98 Å². The Bertz CT molecular complexity index is 628. The number of aryl methyl sites for hydroxylation is 1. The van der Waals surface area contributed by atoms with Crippen LogP contribution in [0.4, 0.5) is 0 Å². The molecule has 0 aliphatic heterocycles. The maximum Gasteiger partial charge on any atom is 0.200 e. The van der Waals surface area contributed by atoms with Crippen LogP contribution in [0, 0.1) is 0 Å². The summed E-state index contributed by atoms with van der Waals surface area (Å²) in [5.41, 5.74) is 0.629. The Balaban J connectivity index is 1.97. The summed E-state index contributed by atoms with van der Waals surface area (Å²) >= 11 is 1.46. The van der Waals surface area contributed by atoms with Crippen molar-refractivity contribution in [2.45, 2.75) is 10.2 Å². The Morgan fingerprint density at radius 2 is 2.25 bits per heavy atom. The Kier molecular flexibility index (Phi) is 2.07. The van der Waals surface area contributed by atoms with Crippen LogP contribution in [0.15, 0.2) is 34.7 Å². The summed E-state index contributed by atoms with van der Waals surface area (Å²) in [6.07, 6.45) is 3.63. The second-order valence-corrected chi connectivity index (χ2v) is 4.11. The first-order chi connectivity index (χ1) is 7.83. The van der Waals surface area contributed by atoms with Crippen molar-refractivity contribution in [3.63, 3.8) is 0 Å². The number of hydrogen-bond donors (Lipinski definition) is 0. The minimum atomic E-state index is 0.629. The van der Waals surface area contributed by atoms with Crippen LogP contribution in [0.1, 0.15) is 0 Å². The summed E-state index contributed by atoms with van der Waals surface area (Å²) in [5.74, 6) is 0. The Hall–Kier alpha value is -1.96. The highest BCUT2D eigenvalue weighted by atomic mass is 32.2. The van der Waals surface area contributed by atoms with Gasteiger partial charge in [0.15, 0.2) is 10.8 Å². The predicted octanol–water partition coefficient (Wildman–Crippen LogP) is 0.404. The molecule has 0 fully saturated rings. The summed E-state index contributed by atoms with van der Waals surface area (Å²) in [4.78, 5) is 4.20. The van der Waals surface area contributed by atoms with Crippen LogP contribution in [0.25, 0.3) is 5.65 Å². The first-order valence-corrected chi connectivity index (χ1v) is 5.35. The molecule has 0 radical (unpaired) electrons. The van der Waals surface area contributed by atoms with Crippen LogP contribution < -0.4 is 0 Å². The van der Waals surface area contributed by atoms with E-state index in [-0.39, 0.29) is 0 Å². The van der Waals surface area contributed by atoms with E-state index in [0.717, 1.165) is 10.2 Å². The zero-order valence-electron chi connectivity index (χ0n) is 8.35. The fraction of sp³-hybridized carbons (Fsp3) is 0.125. The van der Waals surface area contributed by atoms with Crippen molar-refractivity contribution in [3.8, 4) is 0 Å². The van der Waals surface area contributed by atoms with Crippen LogP contribution in [0.5, 0.6) is 0 Å². The van der Waals surface area contributed by atoms with E-state index in [1.165, 1.54) is 16.4 Å². The second-order valence-electron chi connectivity index (χ2n) is 3.12. The van der Waals surface area contributed by atoms with E-state index in [4.69, 9.17) is 0 Å². The smallest absolute Gasteiger partial charge is 0.200 e. The van der Waals surface area contributed by atoms with E-state index in [1.807, 2.05) is 29.9 Å².